The summed E-state index contributed by atoms with van der Waals surface area (Å²) in [5, 5.41) is 34.8. The fourth-order valence-corrected chi connectivity index (χ4v) is 2.41. The minimum Gasteiger partial charge on any atom is -0.481 e. The van der Waals surface area contributed by atoms with Gasteiger partial charge in [-0.25, -0.2) is 4.79 Å². The second-order valence-corrected chi connectivity index (χ2v) is 7.41. The van der Waals surface area contributed by atoms with Gasteiger partial charge in [0, 0.05) is 13.3 Å². The number of carbonyl (C=O) groups excluding carboxylic acids is 5. The molecule has 36 heavy (non-hydrogen) atoms. The lowest BCUT2D eigenvalue weighted by Crippen LogP contribution is -2.57. The molecule has 0 unspecified atom stereocenters. The topological polar surface area (TPSA) is 281 Å². The molecule has 0 saturated carbocycles. The molecule has 0 rings (SSSR count). The van der Waals surface area contributed by atoms with Crippen molar-refractivity contribution in [2.45, 2.75) is 57.3 Å². The second-order valence-electron chi connectivity index (χ2n) is 7.41. The van der Waals surface area contributed by atoms with Gasteiger partial charge in [-0.3, -0.25) is 33.6 Å². The van der Waals surface area contributed by atoms with E-state index in [4.69, 9.17) is 25.8 Å². The molecule has 0 aromatic rings. The second kappa shape index (κ2) is 15.6. The van der Waals surface area contributed by atoms with E-state index < -0.39 is 104 Å². The number of ether oxygens (including phenoxy) is 1. The van der Waals surface area contributed by atoms with Gasteiger partial charge in [-0.2, -0.15) is 0 Å². The number of nitrogens with two attached hydrogens (primary N) is 1. The third-order valence-electron chi connectivity index (χ3n) is 4.27. The molecule has 0 radical (unpaired) electrons. The third-order valence-corrected chi connectivity index (χ3v) is 4.27. The number of amides is 4. The highest BCUT2D eigenvalue weighted by Gasteiger charge is 2.28. The Kier molecular flexibility index (Phi) is 13.7. The average molecular weight is 519 g/mol. The number of hydrogen-bond donors (Lipinski definition) is 8. The molecule has 0 heterocycles. The molecule has 17 nitrogen and oxygen atoms in total. The van der Waals surface area contributed by atoms with Crippen molar-refractivity contribution in [2.24, 2.45) is 5.73 Å². The first-order valence-electron chi connectivity index (χ1n) is 10.4. The van der Waals surface area contributed by atoms with Crippen LogP contribution in [-0.4, -0.2) is 100 Å². The lowest BCUT2D eigenvalue weighted by molar-refractivity contribution is -0.144. The number of rotatable bonds is 16. The van der Waals surface area contributed by atoms with Gasteiger partial charge in [0.1, 0.15) is 24.7 Å². The van der Waals surface area contributed by atoms with Crippen LogP contribution < -0.4 is 27.0 Å². The van der Waals surface area contributed by atoms with Crippen LogP contribution in [0.1, 0.15) is 33.1 Å². The Morgan fingerprint density at radius 1 is 0.833 bits per heavy atom. The maximum atomic E-state index is 12.4. The first kappa shape index (κ1) is 31.7. The van der Waals surface area contributed by atoms with Gasteiger partial charge in [-0.15, -0.1) is 0 Å². The Balaban J connectivity index is 5.06. The zero-order chi connectivity index (χ0) is 28.0. The summed E-state index contributed by atoms with van der Waals surface area (Å²) < 4.78 is 4.71. The van der Waals surface area contributed by atoms with Gasteiger partial charge in [-0.1, -0.05) is 0 Å². The Hall–Kier alpha value is -4.28. The van der Waals surface area contributed by atoms with Crippen molar-refractivity contribution >= 4 is 47.5 Å². The van der Waals surface area contributed by atoms with E-state index in [1.165, 1.54) is 6.92 Å². The van der Waals surface area contributed by atoms with Gasteiger partial charge in [0.25, 0.3) is 0 Å². The average Bonchev–Trinajstić information content (AvgIpc) is 2.76. The Morgan fingerprint density at radius 2 is 1.44 bits per heavy atom. The van der Waals surface area contributed by atoms with Crippen LogP contribution in [0.5, 0.6) is 0 Å². The van der Waals surface area contributed by atoms with Gasteiger partial charge in [0.05, 0.1) is 19.0 Å². The summed E-state index contributed by atoms with van der Waals surface area (Å²) >= 11 is 0. The largest absolute Gasteiger partial charge is 0.481 e. The summed E-state index contributed by atoms with van der Waals surface area (Å²) in [5.41, 5.74) is 5.40. The van der Waals surface area contributed by atoms with Crippen molar-refractivity contribution in [2.75, 3.05) is 13.2 Å². The molecule has 0 aliphatic carbocycles. The first-order valence-corrected chi connectivity index (χ1v) is 10.4. The molecule has 0 aromatic heterocycles. The highest BCUT2D eigenvalue weighted by Crippen LogP contribution is 1.98. The summed E-state index contributed by atoms with van der Waals surface area (Å²) in [6, 6.07) is -5.80. The van der Waals surface area contributed by atoms with E-state index in [0.29, 0.717) is 0 Å². The summed E-state index contributed by atoms with van der Waals surface area (Å²) in [5.74, 6) is -8.80. The van der Waals surface area contributed by atoms with Crippen LogP contribution in [0.4, 0.5) is 0 Å². The number of carboxylic acid groups (broad SMARTS) is 3. The van der Waals surface area contributed by atoms with E-state index in [2.05, 4.69) is 16.0 Å². The Bertz CT molecular complexity index is 877. The van der Waals surface area contributed by atoms with E-state index in [0.717, 1.165) is 6.92 Å². The predicted molar refractivity (Wildman–Crippen MR) is 116 cm³/mol. The molecule has 0 spiro atoms. The van der Waals surface area contributed by atoms with Gasteiger partial charge < -0.3 is 47.1 Å². The van der Waals surface area contributed by atoms with Gasteiger partial charge in [0.2, 0.25) is 23.6 Å². The number of nitrogens with one attached hydrogen (secondary N) is 4. The molecule has 0 saturated heterocycles. The molecule has 4 amide bonds. The normalized spacial score (nSPS) is 13.6. The van der Waals surface area contributed by atoms with Crippen molar-refractivity contribution in [3.8, 4) is 0 Å². The molecule has 0 bridgehead atoms. The van der Waals surface area contributed by atoms with Crippen LogP contribution in [0.2, 0.25) is 0 Å². The SMILES string of the molecule is CC(=O)OC[C@H](NC(=O)[C@H](C)NC(=O)[C@@H](N)CC(=O)O)C(=O)NCC(=O)N[C@@H](CCC(=O)O)C(=O)O. The maximum absolute atomic E-state index is 12.4. The summed E-state index contributed by atoms with van der Waals surface area (Å²) in [7, 11) is 0. The van der Waals surface area contributed by atoms with E-state index in [-0.39, 0.29) is 0 Å². The maximum Gasteiger partial charge on any atom is 0.326 e. The standard InChI is InChI=1S/C19H29N5O12/c1-8(22-17(32)10(20)5-15(29)30)16(31)24-12(7-36-9(2)25)18(33)21-6-13(26)23-11(19(34)35)3-4-14(27)28/h8,10-12H,3-7,20H2,1-2H3,(H,21,33)(H,22,32)(H,23,26)(H,24,31)(H,27,28)(H,29,30)(H,34,35)/t8-,10-,11-,12-/m0/s1. The van der Waals surface area contributed by atoms with E-state index >= 15 is 0 Å². The van der Waals surface area contributed by atoms with Crippen molar-refractivity contribution < 1.29 is 58.4 Å². The number of carboxylic acids is 3. The molecule has 17 heteroatoms. The fourth-order valence-electron chi connectivity index (χ4n) is 2.41. The van der Waals surface area contributed by atoms with Crippen LogP contribution in [0, 0.1) is 0 Å². The van der Waals surface area contributed by atoms with Crippen LogP contribution >= 0.6 is 0 Å². The highest BCUT2D eigenvalue weighted by molar-refractivity contribution is 5.95. The molecule has 9 N–H and O–H groups in total. The van der Waals surface area contributed by atoms with Crippen molar-refractivity contribution in [1.29, 1.82) is 0 Å². The minimum absolute atomic E-state index is 0.408. The zero-order valence-electron chi connectivity index (χ0n) is 19.4. The van der Waals surface area contributed by atoms with Crippen molar-refractivity contribution in [3.63, 3.8) is 0 Å². The molecular formula is C19H29N5O12. The van der Waals surface area contributed by atoms with Crippen LogP contribution in [-0.2, 0) is 43.1 Å². The molecular weight excluding hydrogens is 490 g/mol. The Labute approximate surface area is 204 Å². The summed E-state index contributed by atoms with van der Waals surface area (Å²) in [6.45, 7) is 0.806. The zero-order valence-corrected chi connectivity index (χ0v) is 19.4. The first-order chi connectivity index (χ1) is 16.6. The van der Waals surface area contributed by atoms with E-state index in [1.54, 1.807) is 0 Å². The van der Waals surface area contributed by atoms with Crippen LogP contribution in [0.15, 0.2) is 0 Å². The number of aliphatic carboxylic acids is 3. The number of hydrogen-bond acceptors (Lipinski definition) is 10. The monoisotopic (exact) mass is 519 g/mol. The predicted octanol–water partition coefficient (Wildman–Crippen LogP) is -4.11. The highest BCUT2D eigenvalue weighted by atomic mass is 16.5. The van der Waals surface area contributed by atoms with Crippen LogP contribution in [0.25, 0.3) is 0 Å². The summed E-state index contributed by atoms with van der Waals surface area (Å²) in [4.78, 5) is 92.2. The fraction of sp³-hybridized carbons (Fsp3) is 0.579. The van der Waals surface area contributed by atoms with Gasteiger partial charge >= 0.3 is 23.9 Å². The minimum atomic E-state index is -1.54. The van der Waals surface area contributed by atoms with Gasteiger partial charge in [-0.05, 0) is 13.3 Å². The third kappa shape index (κ3) is 13.4. The lowest BCUT2D eigenvalue weighted by atomic mass is 10.1. The smallest absolute Gasteiger partial charge is 0.326 e. The van der Waals surface area contributed by atoms with Crippen LogP contribution in [0.3, 0.4) is 0 Å². The van der Waals surface area contributed by atoms with E-state index in [9.17, 15) is 38.4 Å². The lowest BCUT2D eigenvalue weighted by Gasteiger charge is -2.22. The van der Waals surface area contributed by atoms with Gasteiger partial charge in [0.15, 0.2) is 0 Å². The molecule has 0 fully saturated rings. The molecule has 4 atom stereocenters. The number of esters is 1. The molecule has 202 valence electrons. The summed E-state index contributed by atoms with van der Waals surface area (Å²) in [6.07, 6.45) is -1.63. The number of carbonyl (C=O) groups is 8. The Morgan fingerprint density at radius 3 is 1.94 bits per heavy atom. The molecule has 0 aliphatic heterocycles. The van der Waals surface area contributed by atoms with Crippen molar-refractivity contribution in [1.82, 2.24) is 21.3 Å². The van der Waals surface area contributed by atoms with Crippen molar-refractivity contribution in [3.05, 3.63) is 0 Å². The molecule has 0 aromatic carbocycles. The van der Waals surface area contributed by atoms with E-state index in [1.807, 2.05) is 5.32 Å². The molecule has 0 aliphatic rings. The quantitative estimate of drug-likeness (QED) is 0.0901.